The van der Waals surface area contributed by atoms with Crippen molar-refractivity contribution in [3.63, 3.8) is 0 Å². The van der Waals surface area contributed by atoms with Gasteiger partial charge in [-0.3, -0.25) is 4.68 Å². The standard InChI is InChI=1S/C14H25N3O/c1-12-13(9-17(2)16-12)8-15-10-14(11-18)6-4-3-5-7-14/h9,15,18H,3-8,10-11H2,1-2H3. The van der Waals surface area contributed by atoms with Gasteiger partial charge in [0.25, 0.3) is 0 Å². The van der Waals surface area contributed by atoms with Crippen molar-refractivity contribution in [2.24, 2.45) is 12.5 Å². The topological polar surface area (TPSA) is 50.1 Å². The summed E-state index contributed by atoms with van der Waals surface area (Å²) in [5, 5.41) is 17.5. The first-order valence-corrected chi connectivity index (χ1v) is 6.96. The third-order valence-electron chi connectivity index (χ3n) is 4.18. The Morgan fingerprint density at radius 1 is 1.39 bits per heavy atom. The summed E-state index contributed by atoms with van der Waals surface area (Å²) in [5.41, 5.74) is 2.46. The van der Waals surface area contributed by atoms with Crippen LogP contribution in [0.25, 0.3) is 0 Å². The van der Waals surface area contributed by atoms with Crippen LogP contribution >= 0.6 is 0 Å². The van der Waals surface area contributed by atoms with Crippen molar-refractivity contribution in [3.8, 4) is 0 Å². The van der Waals surface area contributed by atoms with Crippen LogP contribution in [0.2, 0.25) is 0 Å². The van der Waals surface area contributed by atoms with E-state index >= 15 is 0 Å². The molecule has 1 aliphatic carbocycles. The van der Waals surface area contributed by atoms with Crippen molar-refractivity contribution in [2.75, 3.05) is 13.2 Å². The molecule has 4 nitrogen and oxygen atoms in total. The van der Waals surface area contributed by atoms with E-state index in [4.69, 9.17) is 0 Å². The highest BCUT2D eigenvalue weighted by atomic mass is 16.3. The predicted octanol–water partition coefficient (Wildman–Crippen LogP) is 1.76. The van der Waals surface area contributed by atoms with Crippen LogP contribution in [0.3, 0.4) is 0 Å². The Bertz CT molecular complexity index is 380. The van der Waals surface area contributed by atoms with E-state index in [-0.39, 0.29) is 5.41 Å². The van der Waals surface area contributed by atoms with Gasteiger partial charge >= 0.3 is 0 Å². The molecule has 0 spiro atoms. The number of hydrogen-bond donors (Lipinski definition) is 2. The first kappa shape index (κ1) is 13.6. The maximum Gasteiger partial charge on any atom is 0.0638 e. The average molecular weight is 251 g/mol. The van der Waals surface area contributed by atoms with E-state index in [1.807, 2.05) is 18.7 Å². The molecule has 1 aromatic rings. The number of hydrogen-bond acceptors (Lipinski definition) is 3. The second-order valence-electron chi connectivity index (χ2n) is 5.74. The van der Waals surface area contributed by atoms with E-state index in [9.17, 15) is 5.11 Å². The van der Waals surface area contributed by atoms with Gasteiger partial charge in [-0.2, -0.15) is 5.10 Å². The molecule has 1 saturated carbocycles. The molecular formula is C14H25N3O. The minimum absolute atomic E-state index is 0.119. The molecule has 1 fully saturated rings. The fourth-order valence-corrected chi connectivity index (χ4v) is 2.98. The molecule has 18 heavy (non-hydrogen) atoms. The summed E-state index contributed by atoms with van der Waals surface area (Å²) in [6, 6.07) is 0. The van der Waals surface area contributed by atoms with Gasteiger partial charge < -0.3 is 10.4 Å². The monoisotopic (exact) mass is 251 g/mol. The normalized spacial score (nSPS) is 19.1. The van der Waals surface area contributed by atoms with Crippen LogP contribution < -0.4 is 5.32 Å². The number of aliphatic hydroxyl groups excluding tert-OH is 1. The van der Waals surface area contributed by atoms with Crippen LogP contribution in [0, 0.1) is 12.3 Å². The zero-order chi connectivity index (χ0) is 13.0. The maximum absolute atomic E-state index is 9.64. The molecule has 2 N–H and O–H groups in total. The lowest BCUT2D eigenvalue weighted by Crippen LogP contribution is -2.38. The molecule has 0 amide bonds. The minimum Gasteiger partial charge on any atom is -0.396 e. The number of aromatic nitrogens is 2. The molecule has 2 rings (SSSR count). The summed E-state index contributed by atoms with van der Waals surface area (Å²) in [6.07, 6.45) is 8.21. The van der Waals surface area contributed by atoms with Gasteiger partial charge in [0.2, 0.25) is 0 Å². The van der Waals surface area contributed by atoms with E-state index < -0.39 is 0 Å². The van der Waals surface area contributed by atoms with Gasteiger partial charge in [-0.15, -0.1) is 0 Å². The Balaban J connectivity index is 1.85. The number of nitrogens with one attached hydrogen (secondary N) is 1. The number of aliphatic hydroxyl groups is 1. The van der Waals surface area contributed by atoms with Crippen molar-refractivity contribution in [1.29, 1.82) is 0 Å². The van der Waals surface area contributed by atoms with Crippen molar-refractivity contribution >= 4 is 0 Å². The molecular weight excluding hydrogens is 226 g/mol. The summed E-state index contributed by atoms with van der Waals surface area (Å²) in [4.78, 5) is 0. The quantitative estimate of drug-likeness (QED) is 0.838. The smallest absolute Gasteiger partial charge is 0.0638 e. The van der Waals surface area contributed by atoms with Gasteiger partial charge in [0, 0.05) is 43.9 Å². The van der Waals surface area contributed by atoms with Crippen LogP contribution in [-0.2, 0) is 13.6 Å². The van der Waals surface area contributed by atoms with Gasteiger partial charge in [0.15, 0.2) is 0 Å². The van der Waals surface area contributed by atoms with Crippen LogP contribution in [0.1, 0.15) is 43.4 Å². The molecule has 0 radical (unpaired) electrons. The first-order valence-electron chi connectivity index (χ1n) is 6.96. The van der Waals surface area contributed by atoms with Crippen LogP contribution in [0.5, 0.6) is 0 Å². The van der Waals surface area contributed by atoms with E-state index in [1.165, 1.54) is 24.8 Å². The molecule has 0 atom stereocenters. The second-order valence-corrected chi connectivity index (χ2v) is 5.74. The Labute approximate surface area is 109 Å². The summed E-state index contributed by atoms with van der Waals surface area (Å²) in [5.74, 6) is 0. The van der Waals surface area contributed by atoms with Crippen molar-refractivity contribution < 1.29 is 5.11 Å². The predicted molar refractivity (Wildman–Crippen MR) is 72.3 cm³/mol. The first-order chi connectivity index (χ1) is 8.65. The van der Waals surface area contributed by atoms with Gasteiger partial charge in [0.05, 0.1) is 5.69 Å². The van der Waals surface area contributed by atoms with Crippen molar-refractivity contribution in [3.05, 3.63) is 17.5 Å². The summed E-state index contributed by atoms with van der Waals surface area (Å²) in [7, 11) is 1.95. The van der Waals surface area contributed by atoms with Gasteiger partial charge in [-0.05, 0) is 19.8 Å². The van der Waals surface area contributed by atoms with E-state index in [0.717, 1.165) is 31.6 Å². The molecule has 0 bridgehead atoms. The summed E-state index contributed by atoms with van der Waals surface area (Å²) in [6.45, 7) is 4.12. The molecule has 1 aliphatic rings. The zero-order valence-corrected chi connectivity index (χ0v) is 11.6. The van der Waals surface area contributed by atoms with E-state index in [1.54, 1.807) is 0 Å². The Morgan fingerprint density at radius 3 is 2.67 bits per heavy atom. The van der Waals surface area contributed by atoms with E-state index in [2.05, 4.69) is 16.6 Å². The third-order valence-corrected chi connectivity index (χ3v) is 4.18. The van der Waals surface area contributed by atoms with E-state index in [0.29, 0.717) is 6.61 Å². The Kier molecular flexibility index (Phi) is 4.40. The summed E-state index contributed by atoms with van der Waals surface area (Å²) >= 11 is 0. The van der Waals surface area contributed by atoms with Gasteiger partial charge in [0.1, 0.15) is 0 Å². The second kappa shape index (κ2) is 5.85. The lowest BCUT2D eigenvalue weighted by atomic mass is 9.74. The fraction of sp³-hybridized carbons (Fsp3) is 0.786. The van der Waals surface area contributed by atoms with Crippen LogP contribution in [0.4, 0.5) is 0 Å². The number of nitrogens with zero attached hydrogens (tertiary/aromatic N) is 2. The van der Waals surface area contributed by atoms with Crippen molar-refractivity contribution in [2.45, 2.75) is 45.6 Å². The molecule has 1 heterocycles. The molecule has 1 aromatic heterocycles. The molecule has 0 saturated heterocycles. The number of rotatable bonds is 5. The largest absolute Gasteiger partial charge is 0.396 e. The minimum atomic E-state index is 0.119. The highest BCUT2D eigenvalue weighted by Gasteiger charge is 2.30. The lowest BCUT2D eigenvalue weighted by Gasteiger charge is -2.35. The summed E-state index contributed by atoms with van der Waals surface area (Å²) < 4.78 is 1.86. The zero-order valence-electron chi connectivity index (χ0n) is 11.6. The third kappa shape index (κ3) is 3.12. The molecule has 0 aromatic carbocycles. The lowest BCUT2D eigenvalue weighted by molar-refractivity contribution is 0.0810. The molecule has 0 unspecified atom stereocenters. The SMILES string of the molecule is Cc1nn(C)cc1CNCC1(CO)CCCCC1. The molecule has 0 aliphatic heterocycles. The molecule has 4 heteroatoms. The van der Waals surface area contributed by atoms with Crippen molar-refractivity contribution in [1.82, 2.24) is 15.1 Å². The Hall–Kier alpha value is -0.870. The highest BCUT2D eigenvalue weighted by molar-refractivity contribution is 5.14. The molecule has 102 valence electrons. The average Bonchev–Trinajstić information content (AvgIpc) is 2.69. The van der Waals surface area contributed by atoms with Gasteiger partial charge in [-0.1, -0.05) is 19.3 Å². The highest BCUT2D eigenvalue weighted by Crippen LogP contribution is 2.35. The number of aryl methyl sites for hydroxylation is 2. The van der Waals surface area contributed by atoms with Crippen LogP contribution in [0.15, 0.2) is 6.20 Å². The maximum atomic E-state index is 9.64. The van der Waals surface area contributed by atoms with Crippen LogP contribution in [-0.4, -0.2) is 28.0 Å². The fourth-order valence-electron chi connectivity index (χ4n) is 2.98. The Morgan fingerprint density at radius 2 is 2.11 bits per heavy atom. The van der Waals surface area contributed by atoms with Gasteiger partial charge in [-0.25, -0.2) is 0 Å².